The van der Waals surface area contributed by atoms with Crippen LogP contribution in [0.2, 0.25) is 0 Å². The summed E-state index contributed by atoms with van der Waals surface area (Å²) in [5.74, 6) is 0. The van der Waals surface area contributed by atoms with Crippen molar-refractivity contribution in [2.75, 3.05) is 0 Å². The van der Waals surface area contributed by atoms with Gasteiger partial charge < -0.3 is 5.73 Å². The predicted octanol–water partition coefficient (Wildman–Crippen LogP) is 1.47. The first-order valence-electron chi connectivity index (χ1n) is 6.75. The first-order valence-corrected chi connectivity index (χ1v) is 8.19. The summed E-state index contributed by atoms with van der Waals surface area (Å²) >= 11 is 0. The maximum Gasteiger partial charge on any atom is 0.260 e. The van der Waals surface area contributed by atoms with Crippen molar-refractivity contribution >= 4 is 10.0 Å². The second-order valence-corrected chi connectivity index (χ2v) is 6.89. The molecule has 0 aliphatic rings. The minimum atomic E-state index is -3.66. The third-order valence-electron chi connectivity index (χ3n) is 3.22. The maximum atomic E-state index is 12.8. The van der Waals surface area contributed by atoms with Crippen LogP contribution in [0.15, 0.2) is 41.6 Å². The van der Waals surface area contributed by atoms with E-state index in [9.17, 15) is 8.42 Å². The Labute approximate surface area is 125 Å². The highest BCUT2D eigenvalue weighted by molar-refractivity contribution is 7.89. The zero-order valence-corrected chi connectivity index (χ0v) is 13.0. The monoisotopic (exact) mass is 308 g/mol. The van der Waals surface area contributed by atoms with Gasteiger partial charge in [-0.1, -0.05) is 30.3 Å². The number of sulfonamides is 1. The first kappa shape index (κ1) is 15.7. The fraction of sp³-hybridized carbons (Fsp3) is 0.357. The number of hydrogen-bond acceptors (Lipinski definition) is 4. The van der Waals surface area contributed by atoms with Gasteiger partial charge in [-0.2, -0.15) is 9.40 Å². The van der Waals surface area contributed by atoms with E-state index in [0.29, 0.717) is 12.1 Å². The van der Waals surface area contributed by atoms with Crippen LogP contribution >= 0.6 is 0 Å². The van der Waals surface area contributed by atoms with Crippen molar-refractivity contribution in [3.05, 3.63) is 47.7 Å². The van der Waals surface area contributed by atoms with Crippen LogP contribution in [0.3, 0.4) is 0 Å². The van der Waals surface area contributed by atoms with E-state index < -0.39 is 10.0 Å². The summed E-state index contributed by atoms with van der Waals surface area (Å²) in [4.78, 5) is 0. The van der Waals surface area contributed by atoms with E-state index in [1.54, 1.807) is 0 Å². The second-order valence-electron chi connectivity index (χ2n) is 5.06. The van der Waals surface area contributed by atoms with Crippen LogP contribution in [0.4, 0.5) is 0 Å². The smallest absolute Gasteiger partial charge is 0.260 e. The van der Waals surface area contributed by atoms with E-state index in [4.69, 9.17) is 5.73 Å². The largest absolute Gasteiger partial charge is 0.326 e. The molecule has 1 aromatic heterocycles. The molecule has 3 N–H and O–H groups in total. The number of rotatable bonds is 6. The Morgan fingerprint density at radius 2 is 1.95 bits per heavy atom. The molecule has 1 heterocycles. The fourth-order valence-electron chi connectivity index (χ4n) is 2.09. The van der Waals surface area contributed by atoms with E-state index in [2.05, 4.69) is 10.2 Å². The van der Waals surface area contributed by atoms with Gasteiger partial charge in [0.2, 0.25) is 0 Å². The average molecular weight is 308 g/mol. The molecule has 21 heavy (non-hydrogen) atoms. The molecule has 0 aliphatic heterocycles. The minimum Gasteiger partial charge on any atom is -0.326 e. The van der Waals surface area contributed by atoms with Gasteiger partial charge in [0.25, 0.3) is 10.0 Å². The molecule has 2 rings (SSSR count). The van der Waals surface area contributed by atoms with Gasteiger partial charge >= 0.3 is 0 Å². The number of nitrogens with zero attached hydrogens (tertiary/aromatic N) is 2. The molecule has 0 spiro atoms. The van der Waals surface area contributed by atoms with Gasteiger partial charge in [-0.25, -0.2) is 8.42 Å². The molecule has 0 aliphatic carbocycles. The zero-order chi connectivity index (χ0) is 15.5. The number of hydrogen-bond donors (Lipinski definition) is 2. The lowest BCUT2D eigenvalue weighted by Gasteiger charge is -2.25. The highest BCUT2D eigenvalue weighted by Gasteiger charge is 2.30. The molecule has 0 amide bonds. The van der Waals surface area contributed by atoms with Gasteiger partial charge in [0.1, 0.15) is 0 Å². The van der Waals surface area contributed by atoms with Crippen LogP contribution in [-0.2, 0) is 23.1 Å². The van der Waals surface area contributed by atoms with E-state index in [-0.39, 0.29) is 17.6 Å². The number of H-pyrrole nitrogens is 1. The summed E-state index contributed by atoms with van der Waals surface area (Å²) in [6.07, 6.45) is 1.45. The quantitative estimate of drug-likeness (QED) is 0.845. The van der Waals surface area contributed by atoms with Gasteiger partial charge in [-0.05, 0) is 19.4 Å². The lowest BCUT2D eigenvalue weighted by atomic mass is 10.2. The van der Waals surface area contributed by atoms with Crippen LogP contribution < -0.4 is 5.73 Å². The van der Waals surface area contributed by atoms with Crippen molar-refractivity contribution in [2.24, 2.45) is 5.73 Å². The number of aromatic nitrogens is 2. The van der Waals surface area contributed by atoms with Crippen molar-refractivity contribution in [3.8, 4) is 0 Å². The fourth-order valence-corrected chi connectivity index (χ4v) is 3.84. The van der Waals surface area contributed by atoms with Gasteiger partial charge in [-0.15, -0.1) is 0 Å². The topological polar surface area (TPSA) is 92.1 Å². The molecule has 0 fully saturated rings. The molecule has 114 valence electrons. The van der Waals surface area contributed by atoms with Crippen LogP contribution in [-0.4, -0.2) is 29.0 Å². The van der Waals surface area contributed by atoms with Crippen molar-refractivity contribution in [2.45, 2.75) is 38.0 Å². The standard InChI is InChI=1S/C14H20N4O2S/c1-11(2)18(10-12-6-4-3-5-7-12)21(19,20)14-13(8-15)9-16-17-14/h3-7,9,11H,8,10,15H2,1-2H3,(H,16,17). The van der Waals surface area contributed by atoms with Crippen LogP contribution in [0.25, 0.3) is 0 Å². The number of aromatic amines is 1. The summed E-state index contributed by atoms with van der Waals surface area (Å²) in [6, 6.07) is 9.32. The molecule has 2 aromatic rings. The molecule has 0 bridgehead atoms. The molecule has 7 heteroatoms. The maximum absolute atomic E-state index is 12.8. The Kier molecular flexibility index (Phi) is 4.76. The highest BCUT2D eigenvalue weighted by atomic mass is 32.2. The molecular formula is C14H20N4O2S. The summed E-state index contributed by atoms with van der Waals surface area (Å²) in [5, 5.41) is 6.43. The SMILES string of the molecule is CC(C)N(Cc1ccccc1)S(=O)(=O)c1[nH]ncc1CN. The number of nitrogens with two attached hydrogens (primary N) is 1. The Hall–Kier alpha value is -1.70. The van der Waals surface area contributed by atoms with Gasteiger partial charge in [0.05, 0.1) is 6.20 Å². The molecule has 1 aromatic carbocycles. The van der Waals surface area contributed by atoms with Crippen LogP contribution in [0, 0.1) is 0 Å². The number of benzene rings is 1. The van der Waals surface area contributed by atoms with E-state index in [1.165, 1.54) is 10.5 Å². The van der Waals surface area contributed by atoms with Crippen molar-refractivity contribution in [3.63, 3.8) is 0 Å². The number of nitrogens with one attached hydrogen (secondary N) is 1. The zero-order valence-electron chi connectivity index (χ0n) is 12.2. The molecule has 0 saturated carbocycles. The molecule has 0 atom stereocenters. The van der Waals surface area contributed by atoms with Crippen molar-refractivity contribution in [1.82, 2.24) is 14.5 Å². The molecule has 6 nitrogen and oxygen atoms in total. The lowest BCUT2D eigenvalue weighted by Crippen LogP contribution is -2.37. The van der Waals surface area contributed by atoms with Gasteiger partial charge in [-0.3, -0.25) is 5.10 Å². The van der Waals surface area contributed by atoms with Crippen molar-refractivity contribution < 1.29 is 8.42 Å². The summed E-state index contributed by atoms with van der Waals surface area (Å²) < 4.78 is 27.1. The Bertz CT molecular complexity index is 680. The van der Waals surface area contributed by atoms with E-state index in [1.807, 2.05) is 44.2 Å². The Balaban J connectivity index is 2.38. The van der Waals surface area contributed by atoms with Crippen molar-refractivity contribution in [1.29, 1.82) is 0 Å². The molecule has 0 radical (unpaired) electrons. The minimum absolute atomic E-state index is 0.0784. The highest BCUT2D eigenvalue weighted by Crippen LogP contribution is 2.21. The van der Waals surface area contributed by atoms with E-state index in [0.717, 1.165) is 5.56 Å². The molecular weight excluding hydrogens is 288 g/mol. The molecule has 0 unspecified atom stereocenters. The Morgan fingerprint density at radius 1 is 1.29 bits per heavy atom. The normalized spacial score (nSPS) is 12.2. The Morgan fingerprint density at radius 3 is 2.52 bits per heavy atom. The predicted molar refractivity (Wildman–Crippen MR) is 80.8 cm³/mol. The lowest BCUT2D eigenvalue weighted by molar-refractivity contribution is 0.346. The first-order chi connectivity index (χ1) is 9.96. The van der Waals surface area contributed by atoms with E-state index >= 15 is 0 Å². The van der Waals surface area contributed by atoms with Gasteiger partial charge in [0, 0.05) is 24.7 Å². The van der Waals surface area contributed by atoms with Crippen LogP contribution in [0.1, 0.15) is 25.0 Å². The summed E-state index contributed by atoms with van der Waals surface area (Å²) in [7, 11) is -3.66. The summed E-state index contributed by atoms with van der Waals surface area (Å²) in [6.45, 7) is 4.13. The van der Waals surface area contributed by atoms with Crippen LogP contribution in [0.5, 0.6) is 0 Å². The molecule has 0 saturated heterocycles. The second kappa shape index (κ2) is 6.38. The summed E-state index contributed by atoms with van der Waals surface area (Å²) in [5.41, 5.74) is 7.01. The average Bonchev–Trinajstić information content (AvgIpc) is 2.94. The van der Waals surface area contributed by atoms with Gasteiger partial charge in [0.15, 0.2) is 5.03 Å². The third kappa shape index (κ3) is 3.31. The third-order valence-corrected chi connectivity index (χ3v) is 5.26.